The predicted molar refractivity (Wildman–Crippen MR) is 118 cm³/mol. The maximum atomic E-state index is 13.2. The molecular formula is C21H28N4O3S. The number of fused-ring (bicyclic) bond motifs is 3. The van der Waals surface area contributed by atoms with E-state index in [1.165, 1.54) is 11.8 Å². The lowest BCUT2D eigenvalue weighted by atomic mass is 10.1. The average molecular weight is 417 g/mol. The minimum atomic E-state index is -0.0992. The monoisotopic (exact) mass is 416 g/mol. The van der Waals surface area contributed by atoms with Crippen molar-refractivity contribution >= 4 is 39.6 Å². The third-order valence-electron chi connectivity index (χ3n) is 4.96. The molecule has 156 valence electrons. The summed E-state index contributed by atoms with van der Waals surface area (Å²) >= 11 is 1.29. The van der Waals surface area contributed by atoms with Gasteiger partial charge in [0.1, 0.15) is 16.8 Å². The Morgan fingerprint density at radius 3 is 2.76 bits per heavy atom. The fourth-order valence-corrected chi connectivity index (χ4v) is 4.22. The first kappa shape index (κ1) is 21.2. The molecule has 0 atom stereocenters. The zero-order valence-corrected chi connectivity index (χ0v) is 18.4. The maximum absolute atomic E-state index is 13.2. The number of methoxy groups -OCH3 is 1. The minimum Gasteiger partial charge on any atom is -0.497 e. The van der Waals surface area contributed by atoms with Crippen LogP contribution in [-0.4, -0.2) is 39.4 Å². The Morgan fingerprint density at radius 1 is 1.34 bits per heavy atom. The van der Waals surface area contributed by atoms with Crippen molar-refractivity contribution in [3.05, 3.63) is 28.6 Å². The van der Waals surface area contributed by atoms with E-state index in [-0.39, 0.29) is 17.2 Å². The van der Waals surface area contributed by atoms with Crippen molar-refractivity contribution in [3.63, 3.8) is 0 Å². The molecule has 1 aromatic carbocycles. The first-order valence-electron chi connectivity index (χ1n) is 9.83. The molecule has 3 aromatic rings. The van der Waals surface area contributed by atoms with Gasteiger partial charge in [0, 0.05) is 25.5 Å². The summed E-state index contributed by atoms with van der Waals surface area (Å²) in [5.74, 6) is 1.43. The van der Waals surface area contributed by atoms with Crippen LogP contribution in [-0.2, 0) is 18.4 Å². The van der Waals surface area contributed by atoms with Gasteiger partial charge in [0.15, 0.2) is 5.16 Å². The van der Waals surface area contributed by atoms with Crippen LogP contribution in [0.25, 0.3) is 21.9 Å². The van der Waals surface area contributed by atoms with Crippen LogP contribution in [0.3, 0.4) is 0 Å². The van der Waals surface area contributed by atoms with Gasteiger partial charge in [0.2, 0.25) is 5.91 Å². The Morgan fingerprint density at radius 2 is 2.10 bits per heavy atom. The topological polar surface area (TPSA) is 78.2 Å². The van der Waals surface area contributed by atoms with Crippen molar-refractivity contribution in [2.75, 3.05) is 19.4 Å². The smallest absolute Gasteiger partial charge is 0.278 e. The lowest BCUT2D eigenvalue weighted by molar-refractivity contribution is -0.118. The number of aromatic nitrogens is 3. The third-order valence-corrected chi connectivity index (χ3v) is 5.93. The van der Waals surface area contributed by atoms with Crippen molar-refractivity contribution in [1.29, 1.82) is 0 Å². The van der Waals surface area contributed by atoms with Crippen LogP contribution < -0.4 is 15.6 Å². The van der Waals surface area contributed by atoms with E-state index in [1.807, 2.05) is 36.7 Å². The van der Waals surface area contributed by atoms with Crippen molar-refractivity contribution in [2.45, 2.75) is 38.9 Å². The lowest BCUT2D eigenvalue weighted by Crippen LogP contribution is -2.28. The summed E-state index contributed by atoms with van der Waals surface area (Å²) in [6.45, 7) is 7.31. The number of hydrogen-bond donors (Lipinski definition) is 1. The summed E-state index contributed by atoms with van der Waals surface area (Å²) in [7, 11) is 3.48. The molecule has 0 bridgehead atoms. The van der Waals surface area contributed by atoms with E-state index >= 15 is 0 Å². The number of carbonyl (C=O) groups is 1. The van der Waals surface area contributed by atoms with Crippen LogP contribution in [0.1, 0.15) is 27.2 Å². The Kier molecular flexibility index (Phi) is 6.52. The van der Waals surface area contributed by atoms with Gasteiger partial charge < -0.3 is 14.6 Å². The normalized spacial score (nSPS) is 11.5. The van der Waals surface area contributed by atoms with Gasteiger partial charge in [-0.2, -0.15) is 0 Å². The highest BCUT2D eigenvalue weighted by molar-refractivity contribution is 7.99. The Hall–Kier alpha value is -2.48. The summed E-state index contributed by atoms with van der Waals surface area (Å²) in [5, 5.41) is 4.35. The van der Waals surface area contributed by atoms with Crippen LogP contribution in [0.2, 0.25) is 0 Å². The molecule has 1 amide bonds. The van der Waals surface area contributed by atoms with Gasteiger partial charge in [-0.15, -0.1) is 0 Å². The van der Waals surface area contributed by atoms with Gasteiger partial charge in [-0.25, -0.2) is 4.98 Å². The first-order valence-corrected chi connectivity index (χ1v) is 10.8. The van der Waals surface area contributed by atoms with E-state index in [0.29, 0.717) is 40.9 Å². The van der Waals surface area contributed by atoms with E-state index in [0.717, 1.165) is 17.3 Å². The highest BCUT2D eigenvalue weighted by Crippen LogP contribution is 2.29. The van der Waals surface area contributed by atoms with E-state index in [2.05, 4.69) is 19.2 Å². The molecule has 0 aliphatic rings. The highest BCUT2D eigenvalue weighted by atomic mass is 32.2. The van der Waals surface area contributed by atoms with E-state index in [1.54, 1.807) is 11.7 Å². The standard InChI is InChI=1S/C21H28N4O3S/c1-6-25-20(27)19-18(15-11-14(28-5)7-8-16(15)24(19)4)23-21(25)29-12-17(26)22-10-9-13(2)3/h7-8,11,13H,6,9-10,12H2,1-5H3,(H,22,26). The zero-order chi connectivity index (χ0) is 21.1. The second kappa shape index (κ2) is 8.90. The summed E-state index contributed by atoms with van der Waals surface area (Å²) in [5.41, 5.74) is 2.01. The van der Waals surface area contributed by atoms with E-state index in [9.17, 15) is 9.59 Å². The summed E-state index contributed by atoms with van der Waals surface area (Å²) < 4.78 is 8.84. The predicted octanol–water partition coefficient (Wildman–Crippen LogP) is 3.17. The number of nitrogens with one attached hydrogen (secondary N) is 1. The molecule has 0 fully saturated rings. The number of rotatable bonds is 8. The molecule has 1 N–H and O–H groups in total. The van der Waals surface area contributed by atoms with Crippen molar-refractivity contribution in [1.82, 2.24) is 19.4 Å². The third kappa shape index (κ3) is 4.27. The number of hydrogen-bond acceptors (Lipinski definition) is 5. The second-order valence-electron chi connectivity index (χ2n) is 7.40. The van der Waals surface area contributed by atoms with Gasteiger partial charge in [0.25, 0.3) is 5.56 Å². The van der Waals surface area contributed by atoms with Gasteiger partial charge in [0.05, 0.1) is 18.4 Å². The molecule has 0 aliphatic heterocycles. The lowest BCUT2D eigenvalue weighted by Gasteiger charge is -2.11. The van der Waals surface area contributed by atoms with Crippen LogP contribution in [0.5, 0.6) is 5.75 Å². The number of thioether (sulfide) groups is 1. The number of ether oxygens (including phenoxy) is 1. The van der Waals surface area contributed by atoms with Gasteiger partial charge in [-0.05, 0) is 37.5 Å². The molecule has 2 heterocycles. The Bertz CT molecular complexity index is 1100. The molecule has 0 unspecified atom stereocenters. The largest absolute Gasteiger partial charge is 0.497 e. The maximum Gasteiger partial charge on any atom is 0.278 e. The molecule has 0 saturated heterocycles. The summed E-state index contributed by atoms with van der Waals surface area (Å²) in [6.07, 6.45) is 0.943. The molecule has 0 radical (unpaired) electrons. The van der Waals surface area contributed by atoms with Gasteiger partial charge >= 0.3 is 0 Å². The quantitative estimate of drug-likeness (QED) is 0.451. The molecule has 8 heteroatoms. The molecule has 0 saturated carbocycles. The van der Waals surface area contributed by atoms with Gasteiger partial charge in [-0.1, -0.05) is 25.6 Å². The zero-order valence-electron chi connectivity index (χ0n) is 17.6. The van der Waals surface area contributed by atoms with Crippen molar-refractivity contribution in [2.24, 2.45) is 13.0 Å². The number of nitrogens with zero attached hydrogens (tertiary/aromatic N) is 3. The molecule has 29 heavy (non-hydrogen) atoms. The van der Waals surface area contributed by atoms with Crippen LogP contribution in [0.4, 0.5) is 0 Å². The minimum absolute atomic E-state index is 0.0489. The number of amides is 1. The number of benzene rings is 1. The van der Waals surface area contributed by atoms with E-state index in [4.69, 9.17) is 9.72 Å². The van der Waals surface area contributed by atoms with Crippen LogP contribution in [0.15, 0.2) is 28.2 Å². The molecule has 0 spiro atoms. The number of carbonyl (C=O) groups excluding carboxylic acids is 1. The molecule has 0 aliphatic carbocycles. The SMILES string of the molecule is CCn1c(SCC(=O)NCCC(C)C)nc2c3cc(OC)ccc3n(C)c2c1=O. The van der Waals surface area contributed by atoms with Gasteiger partial charge in [-0.3, -0.25) is 14.2 Å². The Labute approximate surface area is 174 Å². The van der Waals surface area contributed by atoms with Crippen molar-refractivity contribution < 1.29 is 9.53 Å². The van der Waals surface area contributed by atoms with Crippen LogP contribution in [0, 0.1) is 5.92 Å². The number of aryl methyl sites for hydroxylation is 1. The van der Waals surface area contributed by atoms with Crippen LogP contribution >= 0.6 is 11.8 Å². The Balaban J connectivity index is 1.98. The fraction of sp³-hybridized carbons (Fsp3) is 0.476. The summed E-state index contributed by atoms with van der Waals surface area (Å²) in [4.78, 5) is 30.1. The average Bonchev–Trinajstić information content (AvgIpc) is 2.97. The molecule has 3 rings (SSSR count). The second-order valence-corrected chi connectivity index (χ2v) is 8.35. The first-order chi connectivity index (χ1) is 13.9. The summed E-state index contributed by atoms with van der Waals surface area (Å²) in [6, 6.07) is 5.70. The van der Waals surface area contributed by atoms with Crippen molar-refractivity contribution in [3.8, 4) is 5.75 Å². The molecule has 2 aromatic heterocycles. The molecular weight excluding hydrogens is 388 g/mol. The molecule has 7 nitrogen and oxygen atoms in total. The highest BCUT2D eigenvalue weighted by Gasteiger charge is 2.19. The van der Waals surface area contributed by atoms with E-state index < -0.39 is 0 Å². The fourth-order valence-electron chi connectivity index (χ4n) is 3.33.